The van der Waals surface area contributed by atoms with Crippen molar-refractivity contribution in [3.05, 3.63) is 24.0 Å². The summed E-state index contributed by atoms with van der Waals surface area (Å²) in [4.78, 5) is 11.2. The maximum Gasteiger partial charge on any atom is 0.252 e. The monoisotopic (exact) mass is 229 g/mol. The highest BCUT2D eigenvalue weighted by molar-refractivity contribution is 9.09. The highest BCUT2D eigenvalue weighted by atomic mass is 79.9. The molecule has 0 aromatic carbocycles. The molecule has 0 fully saturated rings. The van der Waals surface area contributed by atoms with Gasteiger partial charge in [0.25, 0.3) is 5.91 Å². The number of nitrogens with zero attached hydrogens (tertiary/aromatic N) is 2. The number of aromatic nitrogens is 2. The van der Waals surface area contributed by atoms with Crippen LogP contribution in [0.3, 0.4) is 0 Å². The van der Waals surface area contributed by atoms with Gasteiger partial charge in [0.1, 0.15) is 0 Å². The van der Waals surface area contributed by atoms with Crippen molar-refractivity contribution in [1.29, 1.82) is 0 Å². The van der Waals surface area contributed by atoms with E-state index in [9.17, 15) is 4.79 Å². The van der Waals surface area contributed by atoms with Crippen LogP contribution in [0.2, 0.25) is 0 Å². The van der Waals surface area contributed by atoms with Crippen LogP contribution in [-0.2, 0) is 0 Å². The summed E-state index contributed by atoms with van der Waals surface area (Å²) in [6, 6.07) is 1.62. The topological polar surface area (TPSA) is 54.9 Å². The third-order valence-corrected chi connectivity index (χ3v) is 1.62. The molecular formula is C7H8BrN3O. The Morgan fingerprint density at radius 3 is 3.00 bits per heavy atom. The summed E-state index contributed by atoms with van der Waals surface area (Å²) in [6.45, 7) is 0.612. The predicted octanol–water partition coefficient (Wildman–Crippen LogP) is 0.601. The molecule has 1 rings (SSSR count). The van der Waals surface area contributed by atoms with Gasteiger partial charge < -0.3 is 5.32 Å². The van der Waals surface area contributed by atoms with Gasteiger partial charge in [0.05, 0.1) is 18.0 Å². The van der Waals surface area contributed by atoms with E-state index in [1.165, 1.54) is 12.4 Å². The van der Waals surface area contributed by atoms with Crippen LogP contribution in [0.5, 0.6) is 0 Å². The first-order valence-electron chi connectivity index (χ1n) is 3.45. The van der Waals surface area contributed by atoms with Crippen LogP contribution in [-0.4, -0.2) is 28.0 Å². The second-order valence-electron chi connectivity index (χ2n) is 2.08. The Kier molecular flexibility index (Phi) is 3.66. The molecule has 1 amide bonds. The average molecular weight is 230 g/mol. The minimum Gasteiger partial charge on any atom is -0.351 e. The fourth-order valence-corrected chi connectivity index (χ4v) is 0.886. The normalized spacial score (nSPS) is 9.42. The Bertz CT molecular complexity index is 252. The fraction of sp³-hybridized carbons (Fsp3) is 0.286. The Morgan fingerprint density at radius 1 is 1.58 bits per heavy atom. The van der Waals surface area contributed by atoms with E-state index >= 15 is 0 Å². The summed E-state index contributed by atoms with van der Waals surface area (Å²) < 4.78 is 0. The summed E-state index contributed by atoms with van der Waals surface area (Å²) in [5.41, 5.74) is 0.533. The van der Waals surface area contributed by atoms with Crippen molar-refractivity contribution in [3.8, 4) is 0 Å². The molecule has 1 heterocycles. The van der Waals surface area contributed by atoms with Gasteiger partial charge in [-0.25, -0.2) is 0 Å². The molecule has 0 spiro atoms. The molecule has 0 aliphatic heterocycles. The van der Waals surface area contributed by atoms with Crippen LogP contribution in [0.4, 0.5) is 0 Å². The zero-order chi connectivity index (χ0) is 8.81. The fourth-order valence-electron chi connectivity index (χ4n) is 0.688. The largest absolute Gasteiger partial charge is 0.351 e. The van der Waals surface area contributed by atoms with Crippen LogP contribution in [0.1, 0.15) is 10.4 Å². The standard InChI is InChI=1S/C7H8BrN3O/c8-2-4-9-7(12)6-1-3-10-11-5-6/h1,3,5H,2,4H2,(H,9,12). The second kappa shape index (κ2) is 4.82. The third-order valence-electron chi connectivity index (χ3n) is 1.23. The lowest BCUT2D eigenvalue weighted by Crippen LogP contribution is -2.25. The van der Waals surface area contributed by atoms with Gasteiger partial charge in [-0.1, -0.05) is 15.9 Å². The number of hydrogen-bond acceptors (Lipinski definition) is 3. The van der Waals surface area contributed by atoms with Crippen molar-refractivity contribution < 1.29 is 4.79 Å². The summed E-state index contributed by atoms with van der Waals surface area (Å²) in [6.07, 6.45) is 2.92. The van der Waals surface area contributed by atoms with Gasteiger partial charge in [-0.05, 0) is 6.07 Å². The van der Waals surface area contributed by atoms with E-state index in [4.69, 9.17) is 0 Å². The molecule has 0 aliphatic rings. The molecule has 4 nitrogen and oxygen atoms in total. The highest BCUT2D eigenvalue weighted by Crippen LogP contribution is 1.92. The maximum absolute atomic E-state index is 11.2. The minimum absolute atomic E-state index is 0.121. The number of halogens is 1. The van der Waals surface area contributed by atoms with Crippen molar-refractivity contribution in [1.82, 2.24) is 15.5 Å². The van der Waals surface area contributed by atoms with Crippen molar-refractivity contribution in [2.75, 3.05) is 11.9 Å². The smallest absolute Gasteiger partial charge is 0.252 e. The number of carbonyl (C=O) groups is 1. The van der Waals surface area contributed by atoms with Gasteiger partial charge in [0.15, 0.2) is 0 Å². The predicted molar refractivity (Wildman–Crippen MR) is 48.2 cm³/mol. The minimum atomic E-state index is -0.121. The van der Waals surface area contributed by atoms with Crippen LogP contribution >= 0.6 is 15.9 Å². The van der Waals surface area contributed by atoms with Crippen molar-refractivity contribution in [3.63, 3.8) is 0 Å². The zero-order valence-electron chi connectivity index (χ0n) is 6.33. The molecular weight excluding hydrogens is 222 g/mol. The van der Waals surface area contributed by atoms with Gasteiger partial charge in [-0.2, -0.15) is 10.2 Å². The van der Waals surface area contributed by atoms with Gasteiger partial charge >= 0.3 is 0 Å². The molecule has 1 N–H and O–H groups in total. The summed E-state index contributed by atoms with van der Waals surface area (Å²) >= 11 is 3.21. The Balaban J connectivity index is 2.54. The average Bonchev–Trinajstić information content (AvgIpc) is 2.15. The molecule has 1 aromatic heterocycles. The number of hydrogen-bond donors (Lipinski definition) is 1. The number of carbonyl (C=O) groups excluding carboxylic acids is 1. The molecule has 0 saturated carbocycles. The van der Waals surface area contributed by atoms with Crippen LogP contribution in [0, 0.1) is 0 Å². The molecule has 12 heavy (non-hydrogen) atoms. The zero-order valence-corrected chi connectivity index (χ0v) is 7.91. The number of nitrogens with one attached hydrogen (secondary N) is 1. The number of alkyl halides is 1. The first-order chi connectivity index (χ1) is 5.84. The molecule has 0 unspecified atom stereocenters. The van der Waals surface area contributed by atoms with E-state index < -0.39 is 0 Å². The lowest BCUT2D eigenvalue weighted by atomic mass is 10.3. The summed E-state index contributed by atoms with van der Waals surface area (Å²) in [5, 5.41) is 10.6. The van der Waals surface area contributed by atoms with Crippen molar-refractivity contribution >= 4 is 21.8 Å². The van der Waals surface area contributed by atoms with Crippen LogP contribution in [0.25, 0.3) is 0 Å². The lowest BCUT2D eigenvalue weighted by Gasteiger charge is -2.00. The quantitative estimate of drug-likeness (QED) is 0.773. The third kappa shape index (κ3) is 2.58. The molecule has 1 aromatic rings. The molecule has 5 heteroatoms. The van der Waals surface area contributed by atoms with Gasteiger partial charge in [0, 0.05) is 11.9 Å². The Morgan fingerprint density at radius 2 is 2.42 bits per heavy atom. The number of amides is 1. The second-order valence-corrected chi connectivity index (χ2v) is 2.87. The molecule has 0 aliphatic carbocycles. The van der Waals surface area contributed by atoms with Crippen LogP contribution < -0.4 is 5.32 Å². The Labute approximate surface area is 78.5 Å². The molecule has 64 valence electrons. The van der Waals surface area contributed by atoms with Gasteiger partial charge in [0.2, 0.25) is 0 Å². The van der Waals surface area contributed by atoms with E-state index in [0.29, 0.717) is 12.1 Å². The molecule has 0 saturated heterocycles. The van der Waals surface area contributed by atoms with Gasteiger partial charge in [-0.15, -0.1) is 0 Å². The Hall–Kier alpha value is -0.970. The summed E-state index contributed by atoms with van der Waals surface area (Å²) in [7, 11) is 0. The summed E-state index contributed by atoms with van der Waals surface area (Å²) in [5.74, 6) is -0.121. The van der Waals surface area contributed by atoms with Crippen molar-refractivity contribution in [2.24, 2.45) is 0 Å². The van der Waals surface area contributed by atoms with Crippen molar-refractivity contribution in [2.45, 2.75) is 0 Å². The maximum atomic E-state index is 11.2. The van der Waals surface area contributed by atoms with E-state index in [1.807, 2.05) is 0 Å². The first kappa shape index (κ1) is 9.12. The SMILES string of the molecule is O=C(NCCBr)c1ccnnc1. The van der Waals surface area contributed by atoms with E-state index in [0.717, 1.165) is 5.33 Å². The van der Waals surface area contributed by atoms with E-state index in [2.05, 4.69) is 31.4 Å². The number of rotatable bonds is 3. The van der Waals surface area contributed by atoms with E-state index in [1.54, 1.807) is 6.07 Å². The van der Waals surface area contributed by atoms with E-state index in [-0.39, 0.29) is 5.91 Å². The molecule has 0 radical (unpaired) electrons. The lowest BCUT2D eigenvalue weighted by molar-refractivity contribution is 0.0955. The first-order valence-corrected chi connectivity index (χ1v) is 4.57. The molecule has 0 atom stereocenters. The molecule has 0 bridgehead atoms. The van der Waals surface area contributed by atoms with Gasteiger partial charge in [-0.3, -0.25) is 4.79 Å². The highest BCUT2D eigenvalue weighted by Gasteiger charge is 2.02. The van der Waals surface area contributed by atoms with Crippen LogP contribution in [0.15, 0.2) is 18.5 Å².